The van der Waals surface area contributed by atoms with Gasteiger partial charge in [0.2, 0.25) is 0 Å². The van der Waals surface area contributed by atoms with Gasteiger partial charge in [-0.25, -0.2) is 0 Å². The van der Waals surface area contributed by atoms with E-state index in [1.807, 2.05) is 10.5 Å². The van der Waals surface area contributed by atoms with Gasteiger partial charge in [-0.1, -0.05) is 0 Å². The molecule has 0 saturated carbocycles. The van der Waals surface area contributed by atoms with Gasteiger partial charge in [-0.2, -0.15) is 0 Å². The van der Waals surface area contributed by atoms with Crippen LogP contribution in [-0.4, -0.2) is 4.40 Å². The van der Waals surface area contributed by atoms with Crippen molar-refractivity contribution in [2.75, 3.05) is 0 Å². The van der Waals surface area contributed by atoms with Crippen molar-refractivity contribution >= 4 is 20.3 Å². The van der Waals surface area contributed by atoms with Crippen molar-refractivity contribution < 1.29 is 19.4 Å². The van der Waals surface area contributed by atoms with Crippen LogP contribution in [0.4, 0.5) is 0 Å². The van der Waals surface area contributed by atoms with E-state index in [0.717, 1.165) is 0 Å². The fourth-order valence-corrected chi connectivity index (χ4v) is 0.566. The Hall–Kier alpha value is 0.518. The first-order valence-corrected chi connectivity index (χ1v) is 4.16. The van der Waals surface area contributed by atoms with E-state index >= 15 is 0 Å². The molecule has 0 N–H and O–H groups in total. The molecule has 0 radical (unpaired) electrons. The number of allylic oxidation sites excluding steroid dienone is 3. The van der Waals surface area contributed by atoms with Crippen molar-refractivity contribution in [3.05, 3.63) is 23.2 Å². The maximum atomic E-state index is 5.21. The van der Waals surface area contributed by atoms with Gasteiger partial charge in [0.05, 0.1) is 0 Å². The number of hydrogen-bond acceptors (Lipinski definition) is 0. The predicted octanol–water partition coefficient (Wildman–Crippen LogP) is 1.60. The van der Waals surface area contributed by atoms with Gasteiger partial charge in [0.25, 0.3) is 0 Å². The Labute approximate surface area is 62.8 Å². The molecule has 7 heavy (non-hydrogen) atoms. The van der Waals surface area contributed by atoms with E-state index in [9.17, 15) is 0 Å². The van der Waals surface area contributed by atoms with Crippen LogP contribution in [0.2, 0.25) is 0 Å². The fraction of sp³-hybridized carbons (Fsp3) is 0. The molecular formula is C5H4BrW-. The average Bonchev–Trinajstić information content (AvgIpc) is 1.61. The second-order valence-corrected chi connectivity index (χ2v) is 2.77. The SMILES string of the molecule is [CH-]=C(Br)/C=C\[CH]=[W]. The van der Waals surface area contributed by atoms with Crippen molar-refractivity contribution in [2.24, 2.45) is 0 Å². The zero-order valence-corrected chi connectivity index (χ0v) is 8.12. The molecule has 0 aliphatic heterocycles. The fourth-order valence-electron chi connectivity index (χ4n) is 0.131. The van der Waals surface area contributed by atoms with E-state index in [1.54, 1.807) is 6.08 Å². The molecule has 0 saturated heterocycles. The van der Waals surface area contributed by atoms with Crippen LogP contribution >= 0.6 is 15.9 Å². The standard InChI is InChI=1S/C5H4Br.W/c1-3-4-5(2)6;/h1-4H;/q-1;/b4-3-;. The predicted molar refractivity (Wildman–Crippen MR) is 31.9 cm³/mol. The Balaban J connectivity index is 3.46. The Bertz CT molecular complexity index is 105. The molecule has 0 amide bonds. The zero-order valence-electron chi connectivity index (χ0n) is 3.60. The van der Waals surface area contributed by atoms with Crippen LogP contribution in [0.15, 0.2) is 16.6 Å². The quantitative estimate of drug-likeness (QED) is 0.534. The molecule has 0 atom stereocenters. The molecule has 2 heteroatoms. The van der Waals surface area contributed by atoms with Crippen LogP contribution in [-0.2, 0) is 19.4 Å². The average molecular weight is 328 g/mol. The molecule has 0 rings (SSSR count). The van der Waals surface area contributed by atoms with Crippen LogP contribution in [0, 0.1) is 6.58 Å². The van der Waals surface area contributed by atoms with Gasteiger partial charge in [0.15, 0.2) is 0 Å². The summed E-state index contributed by atoms with van der Waals surface area (Å²) in [4.78, 5) is 0. The van der Waals surface area contributed by atoms with E-state index in [2.05, 4.69) is 15.9 Å². The normalized spacial score (nSPS) is 9.29. The van der Waals surface area contributed by atoms with Crippen molar-refractivity contribution in [2.45, 2.75) is 0 Å². The Morgan fingerprint density at radius 3 is 2.43 bits per heavy atom. The summed E-state index contributed by atoms with van der Waals surface area (Å²) in [6.07, 6.45) is 3.70. The van der Waals surface area contributed by atoms with E-state index in [4.69, 9.17) is 6.58 Å². The summed E-state index contributed by atoms with van der Waals surface area (Å²) >= 11 is 4.50. The van der Waals surface area contributed by atoms with Gasteiger partial charge in [-0.3, -0.25) is 0 Å². The Morgan fingerprint density at radius 1 is 1.71 bits per heavy atom. The third-order valence-electron chi connectivity index (χ3n) is 0.334. The molecule has 0 bridgehead atoms. The molecule has 0 heterocycles. The van der Waals surface area contributed by atoms with Crippen molar-refractivity contribution in [3.8, 4) is 0 Å². The molecule has 0 aromatic rings. The maximum absolute atomic E-state index is 5.21. The zero-order chi connectivity index (χ0) is 5.70. The van der Waals surface area contributed by atoms with E-state index < -0.39 is 0 Å². The monoisotopic (exact) mass is 327 g/mol. The van der Waals surface area contributed by atoms with Gasteiger partial charge in [0.1, 0.15) is 0 Å². The summed E-state index contributed by atoms with van der Waals surface area (Å²) in [5.41, 5.74) is 0. The Morgan fingerprint density at radius 2 is 2.29 bits per heavy atom. The summed E-state index contributed by atoms with van der Waals surface area (Å²) < 4.78 is 2.67. The summed E-state index contributed by atoms with van der Waals surface area (Å²) in [5.74, 6) is 0. The van der Waals surface area contributed by atoms with Gasteiger partial charge in [0, 0.05) is 0 Å². The first kappa shape index (κ1) is 7.52. The second kappa shape index (κ2) is 4.67. The van der Waals surface area contributed by atoms with Gasteiger partial charge in [-0.15, -0.1) is 0 Å². The molecule has 0 spiro atoms. The third-order valence-corrected chi connectivity index (χ3v) is 1.16. The number of rotatable bonds is 2. The molecule has 0 fully saturated rings. The molecular weight excluding hydrogens is 324 g/mol. The first-order valence-electron chi connectivity index (χ1n) is 1.67. The molecule has 0 aromatic carbocycles. The van der Waals surface area contributed by atoms with Gasteiger partial charge < -0.3 is 0 Å². The van der Waals surface area contributed by atoms with Crippen LogP contribution in [0.5, 0.6) is 0 Å². The van der Waals surface area contributed by atoms with Crippen molar-refractivity contribution in [1.29, 1.82) is 0 Å². The van der Waals surface area contributed by atoms with Gasteiger partial charge in [-0.05, 0) is 0 Å². The molecule has 0 nitrogen and oxygen atoms in total. The van der Waals surface area contributed by atoms with Crippen LogP contribution < -0.4 is 0 Å². The topological polar surface area (TPSA) is 0 Å². The number of hydrogen-bond donors (Lipinski definition) is 0. The van der Waals surface area contributed by atoms with Crippen LogP contribution in [0.3, 0.4) is 0 Å². The van der Waals surface area contributed by atoms with Crippen LogP contribution in [0.25, 0.3) is 0 Å². The molecule has 0 aliphatic carbocycles. The molecule has 0 aromatic heterocycles. The summed E-state index contributed by atoms with van der Waals surface area (Å²) in [5, 5.41) is 0. The van der Waals surface area contributed by atoms with E-state index in [1.165, 1.54) is 19.4 Å². The van der Waals surface area contributed by atoms with Crippen molar-refractivity contribution in [3.63, 3.8) is 0 Å². The van der Waals surface area contributed by atoms with Gasteiger partial charge >= 0.3 is 62.9 Å². The minimum atomic E-state index is 0.671. The molecule has 0 unspecified atom stereocenters. The minimum absolute atomic E-state index is 0.671. The molecule has 38 valence electrons. The molecule has 0 aliphatic rings. The number of halogens is 1. The first-order chi connectivity index (χ1) is 3.27. The van der Waals surface area contributed by atoms with Crippen LogP contribution in [0.1, 0.15) is 0 Å². The third kappa shape index (κ3) is 6.52. The van der Waals surface area contributed by atoms with E-state index in [-0.39, 0.29) is 0 Å². The second-order valence-electron chi connectivity index (χ2n) is 0.880. The van der Waals surface area contributed by atoms with E-state index in [0.29, 0.717) is 4.48 Å². The summed E-state index contributed by atoms with van der Waals surface area (Å²) in [6.45, 7) is 5.21. The summed E-state index contributed by atoms with van der Waals surface area (Å²) in [7, 11) is 0. The van der Waals surface area contributed by atoms with Crippen molar-refractivity contribution in [1.82, 2.24) is 0 Å². The summed E-state index contributed by atoms with van der Waals surface area (Å²) in [6, 6.07) is 0. The Kier molecular flexibility index (Phi) is 5.02.